The highest BCUT2D eigenvalue weighted by Gasteiger charge is 2.28. The summed E-state index contributed by atoms with van der Waals surface area (Å²) in [6.45, 7) is 8.02. The predicted octanol–water partition coefficient (Wildman–Crippen LogP) is 2.60. The Kier molecular flexibility index (Phi) is 5.73. The van der Waals surface area contributed by atoms with Crippen LogP contribution in [0.2, 0.25) is 0 Å². The van der Waals surface area contributed by atoms with Crippen LogP contribution in [-0.4, -0.2) is 15.9 Å². The van der Waals surface area contributed by atoms with Gasteiger partial charge in [0.05, 0.1) is 6.10 Å². The molecule has 0 amide bonds. The fourth-order valence-corrected chi connectivity index (χ4v) is 1.47. The normalized spacial score (nSPS) is 15.6. The second-order valence-electron chi connectivity index (χ2n) is 3.65. The maximum absolute atomic E-state index is 8.77. The average Bonchev–Trinajstić information content (AvgIpc) is 2.03. The van der Waals surface area contributed by atoms with E-state index in [1.165, 1.54) is 0 Å². The molecule has 0 spiro atoms. The van der Waals surface area contributed by atoms with E-state index < -0.39 is 8.60 Å². The Morgan fingerprint density at radius 3 is 2.31 bits per heavy atom. The van der Waals surface area contributed by atoms with Crippen LogP contribution in [0.5, 0.6) is 0 Å². The first-order chi connectivity index (χ1) is 5.94. The highest BCUT2D eigenvalue weighted by molar-refractivity contribution is 7.39. The van der Waals surface area contributed by atoms with Crippen LogP contribution in [0.25, 0.3) is 0 Å². The highest BCUT2D eigenvalue weighted by atomic mass is 31.2. The van der Waals surface area contributed by atoms with Crippen molar-refractivity contribution in [3.63, 3.8) is 0 Å². The Balaban J connectivity index is 4.40. The minimum absolute atomic E-state index is 0.0709. The molecule has 0 aliphatic rings. The van der Waals surface area contributed by atoms with Crippen LogP contribution in [0.3, 0.4) is 0 Å². The van der Waals surface area contributed by atoms with E-state index in [0.717, 1.165) is 6.42 Å². The van der Waals surface area contributed by atoms with Gasteiger partial charge in [0.2, 0.25) is 0 Å². The van der Waals surface area contributed by atoms with Crippen LogP contribution >= 0.6 is 8.60 Å². The van der Waals surface area contributed by atoms with Gasteiger partial charge >= 0.3 is 8.60 Å². The van der Waals surface area contributed by atoms with E-state index in [-0.39, 0.29) is 11.5 Å². The summed E-state index contributed by atoms with van der Waals surface area (Å²) in [6.07, 6.45) is 4.40. The summed E-state index contributed by atoms with van der Waals surface area (Å²) in [5.74, 6) is 0. The number of hydrogen-bond acceptors (Lipinski definition) is 3. The van der Waals surface area contributed by atoms with Crippen molar-refractivity contribution in [3.8, 4) is 0 Å². The largest absolute Gasteiger partial charge is 0.328 e. The monoisotopic (exact) mass is 206 g/mol. The predicted molar refractivity (Wildman–Crippen MR) is 55.1 cm³/mol. The van der Waals surface area contributed by atoms with Gasteiger partial charge in [-0.2, -0.15) is 0 Å². The summed E-state index contributed by atoms with van der Waals surface area (Å²) in [7, 11) is -2.27. The van der Waals surface area contributed by atoms with Gasteiger partial charge in [-0.15, -0.1) is 0 Å². The van der Waals surface area contributed by atoms with Gasteiger partial charge in [-0.05, 0) is 18.8 Å². The molecule has 0 aromatic heterocycles. The maximum atomic E-state index is 8.77. The summed E-state index contributed by atoms with van der Waals surface area (Å²) in [4.78, 5) is 17.5. The quantitative estimate of drug-likeness (QED) is 0.537. The third-order valence-corrected chi connectivity index (χ3v) is 2.67. The van der Waals surface area contributed by atoms with Crippen molar-refractivity contribution in [1.82, 2.24) is 0 Å². The minimum atomic E-state index is -2.27. The summed E-state index contributed by atoms with van der Waals surface area (Å²) >= 11 is 0. The van der Waals surface area contributed by atoms with E-state index in [0.29, 0.717) is 0 Å². The molecule has 0 aliphatic heterocycles. The van der Waals surface area contributed by atoms with Crippen LogP contribution < -0.4 is 0 Å². The molecular formula is C9H19O3P. The highest BCUT2D eigenvalue weighted by Crippen LogP contribution is 2.37. The molecule has 0 aromatic carbocycles. The fourth-order valence-electron chi connectivity index (χ4n) is 0.916. The Bertz CT molecular complexity index is 166. The smallest absolute Gasteiger partial charge is 0.327 e. The first kappa shape index (κ1) is 13.1. The Labute approximate surface area is 81.4 Å². The standard InChI is InChI=1S/C9H19O3P/c1-5-7-8(12-13(10)11)9(3,4)6-2/h5,7-8,10-11H,6H2,1-4H3. The number of allylic oxidation sites excluding steroid dienone is 1. The molecule has 0 aliphatic carbocycles. The van der Waals surface area contributed by atoms with Gasteiger partial charge in [0, 0.05) is 0 Å². The van der Waals surface area contributed by atoms with Crippen molar-refractivity contribution in [2.45, 2.75) is 40.2 Å². The van der Waals surface area contributed by atoms with Gasteiger partial charge in [-0.3, -0.25) is 0 Å². The van der Waals surface area contributed by atoms with Crippen LogP contribution in [0.4, 0.5) is 0 Å². The average molecular weight is 206 g/mol. The molecular weight excluding hydrogens is 187 g/mol. The first-order valence-electron chi connectivity index (χ1n) is 4.41. The number of rotatable bonds is 5. The van der Waals surface area contributed by atoms with Crippen molar-refractivity contribution in [1.29, 1.82) is 0 Å². The topological polar surface area (TPSA) is 49.7 Å². The SMILES string of the molecule is CC=CC(OP(O)O)C(C)(C)CC. The van der Waals surface area contributed by atoms with E-state index in [9.17, 15) is 0 Å². The fraction of sp³-hybridized carbons (Fsp3) is 0.778. The molecule has 0 saturated carbocycles. The van der Waals surface area contributed by atoms with E-state index in [1.807, 2.05) is 32.9 Å². The minimum Gasteiger partial charge on any atom is -0.328 e. The molecule has 0 rings (SSSR count). The van der Waals surface area contributed by atoms with E-state index >= 15 is 0 Å². The van der Waals surface area contributed by atoms with Crippen LogP contribution in [0.15, 0.2) is 12.2 Å². The zero-order valence-electron chi connectivity index (χ0n) is 8.69. The molecule has 0 fully saturated rings. The van der Waals surface area contributed by atoms with E-state index in [4.69, 9.17) is 14.3 Å². The van der Waals surface area contributed by atoms with Crippen LogP contribution in [-0.2, 0) is 4.52 Å². The molecule has 0 radical (unpaired) electrons. The lowest BCUT2D eigenvalue weighted by molar-refractivity contribution is 0.0945. The van der Waals surface area contributed by atoms with Gasteiger partial charge in [-0.1, -0.05) is 32.9 Å². The summed E-state index contributed by atoms with van der Waals surface area (Å²) in [5, 5.41) is 0. The molecule has 3 nitrogen and oxygen atoms in total. The number of hydrogen-bond donors (Lipinski definition) is 2. The lowest BCUT2D eigenvalue weighted by Gasteiger charge is -2.30. The zero-order valence-corrected chi connectivity index (χ0v) is 9.58. The molecule has 0 bridgehead atoms. The van der Waals surface area contributed by atoms with Gasteiger partial charge in [-0.25, -0.2) is 0 Å². The first-order valence-corrected chi connectivity index (χ1v) is 5.58. The summed E-state index contributed by atoms with van der Waals surface area (Å²) in [5.41, 5.74) is -0.0709. The van der Waals surface area contributed by atoms with Crippen molar-refractivity contribution < 1.29 is 14.3 Å². The molecule has 13 heavy (non-hydrogen) atoms. The van der Waals surface area contributed by atoms with Crippen LogP contribution in [0.1, 0.15) is 34.1 Å². The summed E-state index contributed by atoms with van der Waals surface area (Å²) < 4.78 is 5.04. The molecule has 0 heterocycles. The Hall–Kier alpha value is 0.0500. The van der Waals surface area contributed by atoms with Gasteiger partial charge < -0.3 is 14.3 Å². The third kappa shape index (κ3) is 4.72. The molecule has 0 saturated heterocycles. The lowest BCUT2D eigenvalue weighted by Crippen LogP contribution is -2.28. The molecule has 78 valence electrons. The van der Waals surface area contributed by atoms with Gasteiger partial charge in [0.25, 0.3) is 0 Å². The van der Waals surface area contributed by atoms with Gasteiger partial charge in [0.1, 0.15) is 0 Å². The second-order valence-corrected chi connectivity index (χ2v) is 4.36. The van der Waals surface area contributed by atoms with E-state index in [1.54, 1.807) is 0 Å². The Morgan fingerprint density at radius 1 is 1.46 bits per heavy atom. The van der Waals surface area contributed by atoms with Crippen molar-refractivity contribution in [3.05, 3.63) is 12.2 Å². The van der Waals surface area contributed by atoms with Gasteiger partial charge in [0.15, 0.2) is 0 Å². The van der Waals surface area contributed by atoms with Crippen molar-refractivity contribution >= 4 is 8.60 Å². The second kappa shape index (κ2) is 5.71. The van der Waals surface area contributed by atoms with Crippen molar-refractivity contribution in [2.24, 2.45) is 5.41 Å². The van der Waals surface area contributed by atoms with E-state index in [2.05, 4.69) is 6.92 Å². The molecule has 1 atom stereocenters. The third-order valence-electron chi connectivity index (χ3n) is 2.26. The molecule has 0 aromatic rings. The summed E-state index contributed by atoms with van der Waals surface area (Å²) in [6, 6.07) is 0. The van der Waals surface area contributed by atoms with Crippen LogP contribution in [0, 0.1) is 5.41 Å². The molecule has 4 heteroatoms. The zero-order chi connectivity index (χ0) is 10.5. The lowest BCUT2D eigenvalue weighted by atomic mass is 9.84. The molecule has 2 N–H and O–H groups in total. The molecule has 1 unspecified atom stereocenters. The maximum Gasteiger partial charge on any atom is 0.327 e. The van der Waals surface area contributed by atoms with Crippen molar-refractivity contribution in [2.75, 3.05) is 0 Å². The Morgan fingerprint density at radius 2 is 2.00 bits per heavy atom.